The summed E-state index contributed by atoms with van der Waals surface area (Å²) in [7, 11) is 3.19. The number of hydrogen-bond donors (Lipinski definition) is 1. The minimum atomic E-state index is -0.795. The zero-order valence-corrected chi connectivity index (χ0v) is 17.3. The maximum absolute atomic E-state index is 12.2. The van der Waals surface area contributed by atoms with Gasteiger partial charge in [0.1, 0.15) is 0 Å². The first kappa shape index (κ1) is 23.5. The summed E-state index contributed by atoms with van der Waals surface area (Å²) in [4.78, 5) is 23.0. The van der Waals surface area contributed by atoms with Gasteiger partial charge >= 0.3 is 11.9 Å². The van der Waals surface area contributed by atoms with Crippen LogP contribution in [-0.2, 0) is 14.3 Å². The van der Waals surface area contributed by atoms with Crippen molar-refractivity contribution >= 4 is 18.0 Å². The van der Waals surface area contributed by atoms with E-state index in [-0.39, 0.29) is 17.8 Å². The highest BCUT2D eigenvalue weighted by atomic mass is 16.5. The normalized spacial score (nSPS) is 13.1. The lowest BCUT2D eigenvalue weighted by Crippen LogP contribution is -2.18. The van der Waals surface area contributed by atoms with Gasteiger partial charge in [-0.2, -0.15) is 0 Å². The molecule has 6 heteroatoms. The van der Waals surface area contributed by atoms with E-state index in [0.717, 1.165) is 5.56 Å². The van der Waals surface area contributed by atoms with Crippen LogP contribution in [-0.4, -0.2) is 37.9 Å². The minimum absolute atomic E-state index is 0.171. The van der Waals surface area contributed by atoms with Crippen LogP contribution < -0.4 is 9.47 Å². The van der Waals surface area contributed by atoms with Crippen molar-refractivity contribution in [2.45, 2.75) is 46.0 Å². The van der Waals surface area contributed by atoms with Gasteiger partial charge in [0.25, 0.3) is 0 Å². The highest BCUT2D eigenvalue weighted by Crippen LogP contribution is 2.28. The molecular formula is C22H32O6. The van der Waals surface area contributed by atoms with Gasteiger partial charge in [0.15, 0.2) is 11.5 Å². The average molecular weight is 392 g/mol. The Morgan fingerprint density at radius 1 is 1.14 bits per heavy atom. The van der Waals surface area contributed by atoms with E-state index in [9.17, 15) is 9.59 Å². The SMILES string of the molecule is CCC(CCCC(C)C(=O)O)C(=O)OCC/C=C/c1ccc(OC)c(OC)c1. The zero-order chi connectivity index (χ0) is 20.9. The van der Waals surface area contributed by atoms with E-state index in [1.54, 1.807) is 21.1 Å². The summed E-state index contributed by atoms with van der Waals surface area (Å²) in [6, 6.07) is 5.65. The maximum Gasteiger partial charge on any atom is 0.308 e. The number of benzene rings is 1. The van der Waals surface area contributed by atoms with Gasteiger partial charge < -0.3 is 19.3 Å². The van der Waals surface area contributed by atoms with Gasteiger partial charge in [-0.15, -0.1) is 0 Å². The lowest BCUT2D eigenvalue weighted by molar-refractivity contribution is -0.148. The topological polar surface area (TPSA) is 82.1 Å². The lowest BCUT2D eigenvalue weighted by atomic mass is 9.96. The fourth-order valence-electron chi connectivity index (χ4n) is 2.80. The van der Waals surface area contributed by atoms with Crippen LogP contribution in [0.15, 0.2) is 24.3 Å². The standard InChI is InChI=1S/C22H32O6/c1-5-18(11-8-9-16(2)21(23)24)22(25)28-14-7-6-10-17-12-13-19(26-3)20(15-17)27-4/h6,10,12-13,15-16,18H,5,7-9,11,14H2,1-4H3,(H,23,24)/b10-6+. The Morgan fingerprint density at radius 3 is 2.46 bits per heavy atom. The van der Waals surface area contributed by atoms with Crippen molar-refractivity contribution in [3.8, 4) is 11.5 Å². The second-order valence-corrected chi connectivity index (χ2v) is 6.75. The molecule has 2 unspecified atom stereocenters. The van der Waals surface area contributed by atoms with E-state index in [1.165, 1.54) is 0 Å². The highest BCUT2D eigenvalue weighted by Gasteiger charge is 2.19. The number of esters is 1. The molecule has 1 rings (SSSR count). The van der Waals surface area contributed by atoms with Gasteiger partial charge in [0.2, 0.25) is 0 Å². The van der Waals surface area contributed by atoms with E-state index in [1.807, 2.05) is 37.3 Å². The Hall–Kier alpha value is -2.50. The van der Waals surface area contributed by atoms with Crippen LogP contribution in [0.4, 0.5) is 0 Å². The molecule has 0 fully saturated rings. The monoisotopic (exact) mass is 392 g/mol. The predicted octanol–water partition coefficient (Wildman–Crippen LogP) is 4.57. The first-order valence-corrected chi connectivity index (χ1v) is 9.70. The van der Waals surface area contributed by atoms with Crippen molar-refractivity contribution in [1.29, 1.82) is 0 Å². The molecule has 1 aromatic rings. The van der Waals surface area contributed by atoms with Crippen LogP contribution in [0.25, 0.3) is 6.08 Å². The van der Waals surface area contributed by atoms with Crippen molar-refractivity contribution < 1.29 is 28.9 Å². The molecule has 0 aliphatic heterocycles. The molecule has 0 amide bonds. The molecular weight excluding hydrogens is 360 g/mol. The van der Waals surface area contributed by atoms with Crippen molar-refractivity contribution in [1.82, 2.24) is 0 Å². The molecule has 0 aromatic heterocycles. The van der Waals surface area contributed by atoms with Gasteiger partial charge in [0, 0.05) is 0 Å². The third-order valence-corrected chi connectivity index (χ3v) is 4.68. The summed E-state index contributed by atoms with van der Waals surface area (Å²) in [5.74, 6) is -0.205. The van der Waals surface area contributed by atoms with E-state index in [2.05, 4.69) is 0 Å². The molecule has 0 aliphatic rings. The Balaban J connectivity index is 2.38. The molecule has 0 radical (unpaired) electrons. The molecule has 0 saturated heterocycles. The van der Waals surface area contributed by atoms with Crippen LogP contribution in [0.3, 0.4) is 0 Å². The number of carboxylic acids is 1. The van der Waals surface area contributed by atoms with Crippen LogP contribution in [0.2, 0.25) is 0 Å². The third-order valence-electron chi connectivity index (χ3n) is 4.68. The Bertz CT molecular complexity index is 652. The Labute approximate surface area is 167 Å². The first-order valence-electron chi connectivity index (χ1n) is 9.70. The Morgan fingerprint density at radius 2 is 1.86 bits per heavy atom. The summed E-state index contributed by atoms with van der Waals surface area (Å²) in [5.41, 5.74) is 0.975. The first-order chi connectivity index (χ1) is 13.4. The van der Waals surface area contributed by atoms with Crippen molar-refractivity contribution in [3.05, 3.63) is 29.8 Å². The summed E-state index contributed by atoms with van der Waals surface area (Å²) >= 11 is 0. The molecule has 6 nitrogen and oxygen atoms in total. The van der Waals surface area contributed by atoms with Crippen LogP contribution >= 0.6 is 0 Å². The lowest BCUT2D eigenvalue weighted by Gasteiger charge is -2.14. The second kappa shape index (κ2) is 12.8. The number of hydrogen-bond acceptors (Lipinski definition) is 5. The molecule has 0 bridgehead atoms. The molecule has 28 heavy (non-hydrogen) atoms. The van der Waals surface area contributed by atoms with Gasteiger partial charge in [-0.3, -0.25) is 9.59 Å². The minimum Gasteiger partial charge on any atom is -0.493 e. The van der Waals surface area contributed by atoms with E-state index < -0.39 is 5.97 Å². The average Bonchev–Trinajstić information content (AvgIpc) is 2.70. The molecule has 1 aromatic carbocycles. The molecule has 0 saturated carbocycles. The maximum atomic E-state index is 12.2. The third kappa shape index (κ3) is 8.03. The zero-order valence-electron chi connectivity index (χ0n) is 17.3. The summed E-state index contributed by atoms with van der Waals surface area (Å²) in [6.07, 6.45) is 7.15. The molecule has 156 valence electrons. The van der Waals surface area contributed by atoms with Gasteiger partial charge in [-0.05, 0) is 43.4 Å². The van der Waals surface area contributed by atoms with Crippen LogP contribution in [0.5, 0.6) is 11.5 Å². The van der Waals surface area contributed by atoms with Gasteiger partial charge in [-0.25, -0.2) is 0 Å². The van der Waals surface area contributed by atoms with Crippen molar-refractivity contribution in [2.24, 2.45) is 11.8 Å². The molecule has 2 atom stereocenters. The fraction of sp³-hybridized carbons (Fsp3) is 0.545. The van der Waals surface area contributed by atoms with E-state index in [4.69, 9.17) is 19.3 Å². The second-order valence-electron chi connectivity index (χ2n) is 6.75. The molecule has 1 N–H and O–H groups in total. The number of aliphatic carboxylic acids is 1. The largest absolute Gasteiger partial charge is 0.493 e. The van der Waals surface area contributed by atoms with Crippen molar-refractivity contribution in [3.63, 3.8) is 0 Å². The quantitative estimate of drug-likeness (QED) is 0.391. The summed E-state index contributed by atoms with van der Waals surface area (Å²) in [5, 5.41) is 8.91. The summed E-state index contributed by atoms with van der Waals surface area (Å²) < 4.78 is 15.9. The van der Waals surface area contributed by atoms with E-state index >= 15 is 0 Å². The number of carbonyl (C=O) groups excluding carboxylic acids is 1. The molecule has 0 aliphatic carbocycles. The predicted molar refractivity (Wildman–Crippen MR) is 109 cm³/mol. The number of methoxy groups -OCH3 is 2. The number of ether oxygens (including phenoxy) is 3. The van der Waals surface area contributed by atoms with Gasteiger partial charge in [0.05, 0.1) is 32.7 Å². The number of rotatable bonds is 13. The van der Waals surface area contributed by atoms with Crippen LogP contribution in [0.1, 0.15) is 51.5 Å². The number of carboxylic acid groups (broad SMARTS) is 1. The molecule has 0 heterocycles. The molecule has 0 spiro atoms. The smallest absolute Gasteiger partial charge is 0.308 e. The van der Waals surface area contributed by atoms with E-state index in [0.29, 0.717) is 50.2 Å². The number of carbonyl (C=O) groups is 2. The highest BCUT2D eigenvalue weighted by molar-refractivity contribution is 5.72. The van der Waals surface area contributed by atoms with Crippen LogP contribution in [0, 0.1) is 11.8 Å². The fourth-order valence-corrected chi connectivity index (χ4v) is 2.80. The van der Waals surface area contributed by atoms with Gasteiger partial charge in [-0.1, -0.05) is 38.5 Å². The Kier molecular flexibility index (Phi) is 10.8. The van der Waals surface area contributed by atoms with Crippen molar-refractivity contribution in [2.75, 3.05) is 20.8 Å². The summed E-state index contributed by atoms with van der Waals surface area (Å²) in [6.45, 7) is 3.96.